The van der Waals surface area contributed by atoms with Gasteiger partial charge in [0.05, 0.1) is 23.4 Å². The highest BCUT2D eigenvalue weighted by atomic mass is 16.5. The number of nitrogens with one attached hydrogen (secondary N) is 1. The molecule has 0 bridgehead atoms. The Morgan fingerprint density at radius 1 is 1.38 bits per heavy atom. The lowest BCUT2D eigenvalue weighted by molar-refractivity contribution is -0.126. The van der Waals surface area contributed by atoms with Crippen molar-refractivity contribution in [1.29, 1.82) is 0 Å². The second-order valence-corrected chi connectivity index (χ2v) is 5.85. The third kappa shape index (κ3) is 2.72. The Hall–Kier alpha value is -2.52. The normalized spacial score (nSPS) is 20.5. The summed E-state index contributed by atoms with van der Waals surface area (Å²) in [7, 11) is 2.93. The zero-order valence-corrected chi connectivity index (χ0v) is 13.5. The van der Waals surface area contributed by atoms with Crippen molar-refractivity contribution in [1.82, 2.24) is 14.1 Å². The lowest BCUT2D eigenvalue weighted by Crippen LogP contribution is -2.37. The number of anilines is 1. The molecule has 9 nitrogen and oxygen atoms in total. The van der Waals surface area contributed by atoms with E-state index in [4.69, 9.17) is 10.5 Å². The summed E-state index contributed by atoms with van der Waals surface area (Å²) in [6, 6.07) is 1.51. The van der Waals surface area contributed by atoms with Gasteiger partial charge in [0.2, 0.25) is 0 Å². The predicted octanol–water partition coefficient (Wildman–Crippen LogP) is -0.923. The zero-order valence-electron chi connectivity index (χ0n) is 13.5. The molecule has 0 unspecified atom stereocenters. The Balaban J connectivity index is 1.90. The van der Waals surface area contributed by atoms with Gasteiger partial charge in [-0.3, -0.25) is 18.7 Å². The summed E-state index contributed by atoms with van der Waals surface area (Å²) in [6.07, 6.45) is 2.10. The van der Waals surface area contributed by atoms with Crippen molar-refractivity contribution < 1.29 is 9.53 Å². The van der Waals surface area contributed by atoms with Gasteiger partial charge in [-0.25, -0.2) is 9.78 Å². The first-order chi connectivity index (χ1) is 11.4. The molecule has 9 heteroatoms. The van der Waals surface area contributed by atoms with Crippen LogP contribution in [0.1, 0.15) is 12.8 Å². The maximum atomic E-state index is 12.2. The van der Waals surface area contributed by atoms with Gasteiger partial charge < -0.3 is 15.8 Å². The minimum Gasteiger partial charge on any atom is -0.364 e. The van der Waals surface area contributed by atoms with Gasteiger partial charge in [0.25, 0.3) is 11.5 Å². The Labute approximate surface area is 137 Å². The zero-order chi connectivity index (χ0) is 17.4. The number of fused-ring (bicyclic) bond motifs is 1. The number of amides is 1. The van der Waals surface area contributed by atoms with Crippen molar-refractivity contribution in [2.75, 3.05) is 11.9 Å². The van der Waals surface area contributed by atoms with Crippen LogP contribution in [0.25, 0.3) is 11.0 Å². The average Bonchev–Trinajstić information content (AvgIpc) is 3.07. The highest BCUT2D eigenvalue weighted by Gasteiger charge is 2.30. The lowest BCUT2D eigenvalue weighted by atomic mass is 10.2. The molecule has 1 aliphatic rings. The second kappa shape index (κ2) is 6.17. The summed E-state index contributed by atoms with van der Waals surface area (Å²) in [4.78, 5) is 40.5. The summed E-state index contributed by atoms with van der Waals surface area (Å²) < 4.78 is 7.83. The lowest BCUT2D eigenvalue weighted by Gasteiger charge is -2.13. The molecule has 24 heavy (non-hydrogen) atoms. The van der Waals surface area contributed by atoms with E-state index >= 15 is 0 Å². The molecule has 3 rings (SSSR count). The molecule has 128 valence electrons. The van der Waals surface area contributed by atoms with Gasteiger partial charge in [0.1, 0.15) is 11.8 Å². The van der Waals surface area contributed by atoms with Crippen LogP contribution >= 0.6 is 0 Å². The van der Waals surface area contributed by atoms with E-state index in [1.54, 1.807) is 0 Å². The Morgan fingerprint density at radius 3 is 2.79 bits per heavy atom. The number of pyridine rings is 1. The minimum atomic E-state index is -0.558. The highest BCUT2D eigenvalue weighted by Crippen LogP contribution is 2.21. The summed E-state index contributed by atoms with van der Waals surface area (Å²) >= 11 is 0. The van der Waals surface area contributed by atoms with Crippen molar-refractivity contribution in [3.05, 3.63) is 33.1 Å². The summed E-state index contributed by atoms with van der Waals surface area (Å²) in [5.74, 6) is -0.297. The van der Waals surface area contributed by atoms with Crippen molar-refractivity contribution in [2.24, 2.45) is 19.8 Å². The third-order valence-corrected chi connectivity index (χ3v) is 4.22. The number of hydrogen-bond donors (Lipinski definition) is 2. The number of carbonyl (C=O) groups excluding carboxylic acids is 1. The molecular formula is C15H19N5O4. The Morgan fingerprint density at radius 2 is 2.12 bits per heavy atom. The molecule has 2 atom stereocenters. The van der Waals surface area contributed by atoms with E-state index in [2.05, 4.69) is 10.3 Å². The summed E-state index contributed by atoms with van der Waals surface area (Å²) in [5, 5.41) is 2.95. The predicted molar refractivity (Wildman–Crippen MR) is 87.8 cm³/mol. The first-order valence-corrected chi connectivity index (χ1v) is 7.64. The first-order valence-electron chi connectivity index (χ1n) is 7.64. The molecule has 0 aliphatic carbocycles. The molecule has 0 radical (unpaired) electrons. The van der Waals surface area contributed by atoms with Gasteiger partial charge in [-0.1, -0.05) is 0 Å². The van der Waals surface area contributed by atoms with Gasteiger partial charge in [0, 0.05) is 20.6 Å². The van der Waals surface area contributed by atoms with E-state index in [1.807, 2.05) is 0 Å². The molecule has 0 aromatic carbocycles. The summed E-state index contributed by atoms with van der Waals surface area (Å²) in [6.45, 7) is 0.380. The molecule has 1 amide bonds. The van der Waals surface area contributed by atoms with Crippen LogP contribution in [-0.2, 0) is 23.6 Å². The number of aromatic nitrogens is 3. The van der Waals surface area contributed by atoms with Gasteiger partial charge in [-0.15, -0.1) is 0 Å². The number of rotatable bonds is 3. The van der Waals surface area contributed by atoms with E-state index in [0.29, 0.717) is 18.7 Å². The fourth-order valence-corrected chi connectivity index (χ4v) is 2.83. The fourth-order valence-electron chi connectivity index (χ4n) is 2.83. The third-order valence-electron chi connectivity index (χ3n) is 4.22. The number of hydrogen-bond acceptors (Lipinski definition) is 6. The molecule has 0 saturated carbocycles. The van der Waals surface area contributed by atoms with Crippen LogP contribution in [0.3, 0.4) is 0 Å². The monoisotopic (exact) mass is 333 g/mol. The van der Waals surface area contributed by atoms with Crippen LogP contribution in [-0.4, -0.2) is 38.8 Å². The SMILES string of the molecule is Cn1c(=O)c2cc(NC(=O)[C@@H]3CC[C@H](CN)O3)cnc2n(C)c1=O. The molecule has 1 aliphatic heterocycles. The molecule has 3 heterocycles. The van der Waals surface area contributed by atoms with Crippen LogP contribution < -0.4 is 22.3 Å². The number of nitrogens with two attached hydrogens (primary N) is 1. The molecule has 3 N–H and O–H groups in total. The second-order valence-electron chi connectivity index (χ2n) is 5.85. The maximum Gasteiger partial charge on any atom is 0.332 e. The van der Waals surface area contributed by atoms with E-state index in [1.165, 1.54) is 30.9 Å². The van der Waals surface area contributed by atoms with Crippen molar-refractivity contribution in [3.63, 3.8) is 0 Å². The maximum absolute atomic E-state index is 12.2. The fraction of sp³-hybridized carbons (Fsp3) is 0.467. The van der Waals surface area contributed by atoms with E-state index in [9.17, 15) is 14.4 Å². The standard InChI is InChI=1S/C15H19N5O4/c1-19-12-10(14(22)20(2)15(19)23)5-8(7-17-12)18-13(21)11-4-3-9(6-16)24-11/h5,7,9,11H,3-4,6,16H2,1-2H3,(H,18,21)/t9-,11+/m1/s1. The molecule has 0 spiro atoms. The molecule has 1 fully saturated rings. The Kier molecular flexibility index (Phi) is 4.20. The Bertz CT molecular complexity index is 916. The van der Waals surface area contributed by atoms with E-state index in [0.717, 1.165) is 11.0 Å². The smallest absolute Gasteiger partial charge is 0.332 e. The number of aryl methyl sites for hydroxylation is 1. The average molecular weight is 333 g/mol. The minimum absolute atomic E-state index is 0.0997. The van der Waals surface area contributed by atoms with Gasteiger partial charge >= 0.3 is 5.69 Å². The molecule has 2 aromatic heterocycles. The van der Waals surface area contributed by atoms with Crippen LogP contribution in [0.15, 0.2) is 21.9 Å². The highest BCUT2D eigenvalue weighted by molar-refractivity contribution is 5.95. The van der Waals surface area contributed by atoms with Crippen LogP contribution in [0, 0.1) is 0 Å². The molecule has 1 saturated heterocycles. The topological polar surface area (TPSA) is 121 Å². The van der Waals surface area contributed by atoms with Gasteiger partial charge in [0.15, 0.2) is 0 Å². The number of carbonyl (C=O) groups is 1. The van der Waals surface area contributed by atoms with E-state index in [-0.39, 0.29) is 23.0 Å². The first kappa shape index (κ1) is 16.3. The number of ether oxygens (including phenoxy) is 1. The number of nitrogens with zero attached hydrogens (tertiary/aromatic N) is 3. The summed E-state index contributed by atoms with van der Waals surface area (Å²) in [5.41, 5.74) is 5.26. The van der Waals surface area contributed by atoms with Crippen LogP contribution in [0.5, 0.6) is 0 Å². The molecular weight excluding hydrogens is 314 g/mol. The van der Waals surface area contributed by atoms with Crippen molar-refractivity contribution >= 4 is 22.6 Å². The van der Waals surface area contributed by atoms with Crippen LogP contribution in [0.2, 0.25) is 0 Å². The largest absolute Gasteiger partial charge is 0.364 e. The van der Waals surface area contributed by atoms with Gasteiger partial charge in [-0.2, -0.15) is 0 Å². The van der Waals surface area contributed by atoms with Crippen molar-refractivity contribution in [3.8, 4) is 0 Å². The van der Waals surface area contributed by atoms with Crippen LogP contribution in [0.4, 0.5) is 5.69 Å². The quantitative estimate of drug-likeness (QED) is 0.749. The van der Waals surface area contributed by atoms with E-state index < -0.39 is 17.4 Å². The van der Waals surface area contributed by atoms with Crippen molar-refractivity contribution in [2.45, 2.75) is 25.0 Å². The van der Waals surface area contributed by atoms with Gasteiger partial charge in [-0.05, 0) is 18.9 Å². The molecule has 2 aromatic rings.